The summed E-state index contributed by atoms with van der Waals surface area (Å²) < 4.78 is 2.03. The van der Waals surface area contributed by atoms with E-state index in [2.05, 4.69) is 9.97 Å². The second kappa shape index (κ2) is 5.91. The Bertz CT molecular complexity index is 1050. The monoisotopic (exact) mass is 356 g/mol. The van der Waals surface area contributed by atoms with Crippen LogP contribution < -0.4 is 5.56 Å². The van der Waals surface area contributed by atoms with E-state index in [-0.39, 0.29) is 11.5 Å². The first-order chi connectivity index (χ1) is 12.0. The van der Waals surface area contributed by atoms with Crippen LogP contribution in [0.2, 0.25) is 0 Å². The molecule has 1 aliphatic heterocycles. The van der Waals surface area contributed by atoms with Crippen LogP contribution in [0, 0.1) is 13.8 Å². The predicted molar refractivity (Wildman–Crippen MR) is 99.2 cm³/mol. The smallest absolute Gasteiger partial charge is 0.272 e. The number of amides is 1. The molecule has 1 amide bonds. The van der Waals surface area contributed by atoms with Crippen LogP contribution in [-0.2, 0) is 4.79 Å². The van der Waals surface area contributed by atoms with Crippen LogP contribution in [0.15, 0.2) is 17.2 Å². The van der Waals surface area contributed by atoms with Crippen molar-refractivity contribution in [1.29, 1.82) is 0 Å². The summed E-state index contributed by atoms with van der Waals surface area (Å²) in [5.74, 6) is -0.00740. The molecule has 25 heavy (non-hydrogen) atoms. The molecule has 6 nitrogen and oxygen atoms in total. The van der Waals surface area contributed by atoms with Gasteiger partial charge in [-0.05, 0) is 45.2 Å². The van der Waals surface area contributed by atoms with Crippen molar-refractivity contribution in [3.63, 3.8) is 0 Å². The van der Waals surface area contributed by atoms with Gasteiger partial charge in [0.25, 0.3) is 5.56 Å². The minimum atomic E-state index is -0.538. The second-order valence-corrected chi connectivity index (χ2v) is 7.70. The Kier molecular flexibility index (Phi) is 3.83. The normalized spacial score (nSPS) is 16.0. The number of nitrogens with zero attached hydrogens (tertiary/aromatic N) is 4. The van der Waals surface area contributed by atoms with E-state index in [1.165, 1.54) is 22.2 Å². The summed E-state index contributed by atoms with van der Waals surface area (Å²) >= 11 is 1.36. The maximum absolute atomic E-state index is 13.0. The summed E-state index contributed by atoms with van der Waals surface area (Å²) in [7, 11) is 0. The molecule has 0 bridgehead atoms. The number of aryl methyl sites for hydroxylation is 2. The van der Waals surface area contributed by atoms with Crippen LogP contribution in [-0.4, -0.2) is 38.4 Å². The minimum absolute atomic E-state index is 0.00740. The first-order valence-electron chi connectivity index (χ1n) is 8.53. The number of pyridine rings is 1. The zero-order chi connectivity index (χ0) is 17.7. The molecule has 1 fully saturated rings. The van der Waals surface area contributed by atoms with E-state index in [1.807, 2.05) is 24.8 Å². The molecule has 130 valence electrons. The van der Waals surface area contributed by atoms with Crippen molar-refractivity contribution in [2.24, 2.45) is 0 Å². The third-order valence-corrected chi connectivity index (χ3v) is 5.96. The van der Waals surface area contributed by atoms with Crippen LogP contribution in [0.25, 0.3) is 20.4 Å². The lowest BCUT2D eigenvalue weighted by atomic mass is 10.1. The first kappa shape index (κ1) is 16.2. The van der Waals surface area contributed by atoms with E-state index in [1.54, 1.807) is 6.92 Å². The Labute approximate surface area is 149 Å². The second-order valence-electron chi connectivity index (χ2n) is 6.71. The molecule has 0 aromatic carbocycles. The summed E-state index contributed by atoms with van der Waals surface area (Å²) in [5.41, 5.74) is 2.52. The molecular weight excluding hydrogens is 336 g/mol. The quantitative estimate of drug-likeness (QED) is 0.708. The number of aromatic nitrogens is 3. The molecular formula is C18H20N4O2S. The van der Waals surface area contributed by atoms with Crippen molar-refractivity contribution in [2.75, 3.05) is 13.1 Å². The fraction of sp³-hybridized carbons (Fsp3) is 0.444. The Balaban J connectivity index is 1.85. The number of thiophene rings is 1. The number of hydrogen-bond acceptors (Lipinski definition) is 5. The van der Waals surface area contributed by atoms with Crippen molar-refractivity contribution in [3.8, 4) is 0 Å². The van der Waals surface area contributed by atoms with E-state index in [0.717, 1.165) is 47.4 Å². The van der Waals surface area contributed by atoms with Gasteiger partial charge in [-0.3, -0.25) is 14.2 Å². The van der Waals surface area contributed by atoms with Crippen LogP contribution in [0.5, 0.6) is 0 Å². The summed E-state index contributed by atoms with van der Waals surface area (Å²) in [6, 6.07) is 1.46. The van der Waals surface area contributed by atoms with E-state index in [9.17, 15) is 9.59 Å². The molecule has 0 N–H and O–H groups in total. The number of carbonyl (C=O) groups is 1. The van der Waals surface area contributed by atoms with Gasteiger partial charge in [-0.25, -0.2) is 9.97 Å². The van der Waals surface area contributed by atoms with Gasteiger partial charge >= 0.3 is 0 Å². The van der Waals surface area contributed by atoms with Gasteiger partial charge in [-0.1, -0.05) is 0 Å². The fourth-order valence-electron chi connectivity index (χ4n) is 3.58. The Morgan fingerprint density at radius 1 is 1.28 bits per heavy atom. The Morgan fingerprint density at radius 3 is 2.72 bits per heavy atom. The lowest BCUT2D eigenvalue weighted by Gasteiger charge is -2.21. The largest absolute Gasteiger partial charge is 0.341 e. The summed E-state index contributed by atoms with van der Waals surface area (Å²) in [6.07, 6.45) is 3.57. The van der Waals surface area contributed by atoms with Gasteiger partial charge in [-0.2, -0.15) is 0 Å². The minimum Gasteiger partial charge on any atom is -0.341 e. The van der Waals surface area contributed by atoms with Crippen LogP contribution in [0.4, 0.5) is 0 Å². The van der Waals surface area contributed by atoms with Gasteiger partial charge < -0.3 is 4.90 Å². The lowest BCUT2D eigenvalue weighted by Crippen LogP contribution is -2.37. The van der Waals surface area contributed by atoms with Crippen LogP contribution in [0.1, 0.15) is 37.1 Å². The molecule has 1 unspecified atom stereocenters. The molecule has 7 heteroatoms. The Hall–Kier alpha value is -2.28. The molecule has 4 rings (SSSR count). The molecule has 1 saturated heterocycles. The highest BCUT2D eigenvalue weighted by atomic mass is 32.1. The van der Waals surface area contributed by atoms with E-state index < -0.39 is 6.04 Å². The molecule has 0 saturated carbocycles. The highest BCUT2D eigenvalue weighted by molar-refractivity contribution is 7.25. The maximum atomic E-state index is 13.0. The third kappa shape index (κ3) is 2.54. The van der Waals surface area contributed by atoms with Crippen LogP contribution in [0.3, 0.4) is 0 Å². The van der Waals surface area contributed by atoms with Crippen molar-refractivity contribution in [1.82, 2.24) is 19.4 Å². The molecule has 3 aromatic rings. The fourth-order valence-corrected chi connectivity index (χ4v) is 4.76. The number of fused-ring (bicyclic) bond motifs is 3. The molecule has 0 aliphatic carbocycles. The van der Waals surface area contributed by atoms with Crippen molar-refractivity contribution in [3.05, 3.63) is 34.0 Å². The molecule has 0 radical (unpaired) electrons. The average molecular weight is 356 g/mol. The molecule has 1 atom stereocenters. The molecule has 0 spiro atoms. The highest BCUT2D eigenvalue weighted by Crippen LogP contribution is 2.32. The van der Waals surface area contributed by atoms with E-state index >= 15 is 0 Å². The number of likely N-dealkylation sites (tertiary alicyclic amines) is 1. The van der Waals surface area contributed by atoms with Crippen molar-refractivity contribution in [2.45, 2.75) is 39.7 Å². The predicted octanol–water partition coefficient (Wildman–Crippen LogP) is 2.81. The lowest BCUT2D eigenvalue weighted by molar-refractivity contribution is -0.133. The molecule has 3 aromatic heterocycles. The standard InChI is InChI=1S/C18H20N4O2S/c1-10-8-11(2)20-16-13(10)14-15(25-16)18(24)22(9-19-14)12(3)17(23)21-6-4-5-7-21/h8-9,12H,4-7H2,1-3H3. The first-order valence-corrected chi connectivity index (χ1v) is 9.35. The molecule has 1 aliphatic rings. The average Bonchev–Trinajstić information content (AvgIpc) is 3.21. The topological polar surface area (TPSA) is 68.1 Å². The SMILES string of the molecule is Cc1cc(C)c2c(n1)sc1c(=O)n(C(C)C(=O)N3CCCC3)cnc12. The zero-order valence-electron chi connectivity index (χ0n) is 14.6. The Morgan fingerprint density at radius 2 is 2.00 bits per heavy atom. The van der Waals surface area contributed by atoms with Gasteiger partial charge in [-0.15, -0.1) is 11.3 Å². The van der Waals surface area contributed by atoms with Gasteiger partial charge in [0.15, 0.2) is 0 Å². The summed E-state index contributed by atoms with van der Waals surface area (Å²) in [4.78, 5) is 37.3. The van der Waals surface area contributed by atoms with E-state index in [0.29, 0.717) is 10.2 Å². The number of rotatable bonds is 2. The van der Waals surface area contributed by atoms with Gasteiger partial charge in [0.05, 0.1) is 11.8 Å². The van der Waals surface area contributed by atoms with Gasteiger partial charge in [0.2, 0.25) is 5.91 Å². The zero-order valence-corrected chi connectivity index (χ0v) is 15.4. The third-order valence-electron chi connectivity index (χ3n) is 4.89. The van der Waals surface area contributed by atoms with Crippen molar-refractivity contribution < 1.29 is 4.79 Å². The highest BCUT2D eigenvalue weighted by Gasteiger charge is 2.26. The van der Waals surface area contributed by atoms with Crippen LogP contribution >= 0.6 is 11.3 Å². The molecule has 4 heterocycles. The number of hydrogen-bond donors (Lipinski definition) is 0. The van der Waals surface area contributed by atoms with E-state index in [4.69, 9.17) is 0 Å². The summed E-state index contributed by atoms with van der Waals surface area (Å²) in [5, 5.41) is 0.938. The van der Waals surface area contributed by atoms with Gasteiger partial charge in [0, 0.05) is 24.2 Å². The number of carbonyl (C=O) groups excluding carboxylic acids is 1. The van der Waals surface area contributed by atoms with Gasteiger partial charge in [0.1, 0.15) is 15.6 Å². The maximum Gasteiger partial charge on any atom is 0.272 e. The van der Waals surface area contributed by atoms with Crippen molar-refractivity contribution >= 4 is 37.7 Å². The summed E-state index contributed by atoms with van der Waals surface area (Å²) in [6.45, 7) is 7.28.